The van der Waals surface area contributed by atoms with E-state index in [2.05, 4.69) is 26.2 Å². The van der Waals surface area contributed by atoms with Crippen molar-refractivity contribution >= 4 is 27.5 Å². The number of aromatic nitrogens is 3. The molecule has 17 heavy (non-hydrogen) atoms. The fraction of sp³-hybridized carbons (Fsp3) is 0.273. The first kappa shape index (κ1) is 12.5. The molecule has 0 aliphatic rings. The molecule has 2 aromatic rings. The van der Waals surface area contributed by atoms with Gasteiger partial charge < -0.3 is 0 Å². The zero-order valence-corrected chi connectivity index (χ0v) is 11.6. The smallest absolute Gasteiger partial charge is 0.150 e. The standard InChI is InChI=1S/C11H10BrClFN3/c1-11(2,13)9-6-17(16-15-9)10-7(12)4-3-5-8(10)14/h3-6H,1-2H3. The van der Waals surface area contributed by atoms with Crippen LogP contribution in [-0.2, 0) is 4.87 Å². The van der Waals surface area contributed by atoms with Crippen LogP contribution in [0, 0.1) is 5.82 Å². The van der Waals surface area contributed by atoms with Crippen molar-refractivity contribution in [3.05, 3.63) is 40.4 Å². The Hall–Kier alpha value is -0.940. The van der Waals surface area contributed by atoms with Crippen molar-refractivity contribution in [3.63, 3.8) is 0 Å². The van der Waals surface area contributed by atoms with E-state index in [1.165, 1.54) is 10.7 Å². The van der Waals surface area contributed by atoms with E-state index >= 15 is 0 Å². The molecule has 0 radical (unpaired) electrons. The number of rotatable bonds is 2. The number of para-hydroxylation sites is 1. The van der Waals surface area contributed by atoms with Crippen LogP contribution < -0.4 is 0 Å². The Morgan fingerprint density at radius 1 is 1.41 bits per heavy atom. The Kier molecular flexibility index (Phi) is 3.23. The third-order valence-electron chi connectivity index (χ3n) is 2.27. The van der Waals surface area contributed by atoms with Gasteiger partial charge in [0.2, 0.25) is 0 Å². The first-order valence-corrected chi connectivity index (χ1v) is 6.13. The molecule has 0 bridgehead atoms. The molecule has 1 heterocycles. The van der Waals surface area contributed by atoms with E-state index in [9.17, 15) is 4.39 Å². The SMILES string of the molecule is CC(C)(Cl)c1cn(-c2c(F)cccc2Br)nn1. The molecule has 0 aliphatic heterocycles. The molecule has 0 saturated heterocycles. The lowest BCUT2D eigenvalue weighted by Gasteiger charge is -2.10. The summed E-state index contributed by atoms with van der Waals surface area (Å²) in [6, 6.07) is 4.73. The van der Waals surface area contributed by atoms with Crippen molar-refractivity contribution in [2.45, 2.75) is 18.7 Å². The van der Waals surface area contributed by atoms with E-state index in [-0.39, 0.29) is 5.82 Å². The van der Waals surface area contributed by atoms with Gasteiger partial charge in [-0.2, -0.15) is 0 Å². The third kappa shape index (κ3) is 2.50. The lowest BCUT2D eigenvalue weighted by Crippen LogP contribution is -2.07. The number of alkyl halides is 1. The number of hydrogen-bond acceptors (Lipinski definition) is 2. The molecule has 0 aliphatic carbocycles. The maximum atomic E-state index is 13.7. The fourth-order valence-electron chi connectivity index (χ4n) is 1.35. The van der Waals surface area contributed by atoms with Gasteiger partial charge >= 0.3 is 0 Å². The van der Waals surface area contributed by atoms with Gasteiger partial charge in [0.25, 0.3) is 0 Å². The minimum absolute atomic E-state index is 0.326. The summed E-state index contributed by atoms with van der Waals surface area (Å²) in [7, 11) is 0. The predicted molar refractivity (Wildman–Crippen MR) is 67.9 cm³/mol. The van der Waals surface area contributed by atoms with Crippen LogP contribution in [0.1, 0.15) is 19.5 Å². The number of halogens is 3. The molecule has 2 rings (SSSR count). The number of hydrogen-bond donors (Lipinski definition) is 0. The summed E-state index contributed by atoms with van der Waals surface area (Å²) in [6.07, 6.45) is 1.62. The molecule has 6 heteroatoms. The van der Waals surface area contributed by atoms with Gasteiger partial charge in [-0.15, -0.1) is 16.7 Å². The second kappa shape index (κ2) is 4.38. The molecule has 90 valence electrons. The van der Waals surface area contributed by atoms with Gasteiger partial charge in [-0.3, -0.25) is 0 Å². The molecule has 0 unspecified atom stereocenters. The van der Waals surface area contributed by atoms with Crippen molar-refractivity contribution in [3.8, 4) is 5.69 Å². The quantitative estimate of drug-likeness (QED) is 0.791. The van der Waals surface area contributed by atoms with E-state index in [0.29, 0.717) is 15.9 Å². The lowest BCUT2D eigenvalue weighted by molar-refractivity contribution is 0.605. The minimum atomic E-state index is -0.629. The highest BCUT2D eigenvalue weighted by atomic mass is 79.9. The summed E-state index contributed by atoms with van der Waals surface area (Å²) in [6.45, 7) is 3.61. The zero-order chi connectivity index (χ0) is 12.6. The maximum absolute atomic E-state index is 13.7. The maximum Gasteiger partial charge on any atom is 0.150 e. The summed E-state index contributed by atoms with van der Waals surface area (Å²) in [4.78, 5) is -0.629. The molecular formula is C11H10BrClFN3. The second-order valence-electron chi connectivity index (χ2n) is 4.09. The summed E-state index contributed by atoms with van der Waals surface area (Å²) >= 11 is 9.40. The van der Waals surface area contributed by atoms with Crippen LogP contribution in [-0.4, -0.2) is 15.0 Å². The lowest BCUT2D eigenvalue weighted by atomic mass is 10.1. The first-order chi connectivity index (χ1) is 7.89. The van der Waals surface area contributed by atoms with Crippen LogP contribution in [0.5, 0.6) is 0 Å². The fourth-order valence-corrected chi connectivity index (χ4v) is 1.96. The van der Waals surface area contributed by atoms with Crippen molar-refractivity contribution in [1.82, 2.24) is 15.0 Å². The van der Waals surface area contributed by atoms with Crippen molar-refractivity contribution in [2.75, 3.05) is 0 Å². The summed E-state index contributed by atoms with van der Waals surface area (Å²) in [5.74, 6) is -0.372. The molecule has 1 aromatic heterocycles. The highest BCUT2D eigenvalue weighted by Crippen LogP contribution is 2.28. The average molecular weight is 319 g/mol. The normalized spacial score (nSPS) is 11.8. The summed E-state index contributed by atoms with van der Waals surface area (Å²) in [5, 5.41) is 7.83. The van der Waals surface area contributed by atoms with Crippen LogP contribution in [0.4, 0.5) is 4.39 Å². The average Bonchev–Trinajstić information content (AvgIpc) is 2.65. The molecule has 0 saturated carbocycles. The van der Waals surface area contributed by atoms with Gasteiger partial charge in [0, 0.05) is 4.47 Å². The molecule has 0 amide bonds. The molecular weight excluding hydrogens is 308 g/mol. The van der Waals surface area contributed by atoms with E-state index in [1.807, 2.05) is 0 Å². The predicted octanol–water partition coefficient (Wildman–Crippen LogP) is 3.64. The molecule has 3 nitrogen and oxygen atoms in total. The van der Waals surface area contributed by atoms with E-state index in [0.717, 1.165) is 0 Å². The van der Waals surface area contributed by atoms with Crippen LogP contribution in [0.2, 0.25) is 0 Å². The Labute approximate surface area is 112 Å². The van der Waals surface area contributed by atoms with Crippen LogP contribution in [0.15, 0.2) is 28.9 Å². The molecule has 0 N–H and O–H groups in total. The molecule has 0 spiro atoms. The molecule has 0 fully saturated rings. The van der Waals surface area contributed by atoms with Gasteiger partial charge in [-0.05, 0) is 41.9 Å². The Balaban J connectivity index is 2.51. The van der Waals surface area contributed by atoms with Gasteiger partial charge in [-0.25, -0.2) is 9.07 Å². The third-order valence-corrected chi connectivity index (χ3v) is 3.10. The minimum Gasteiger partial charge on any atom is -0.216 e. The van der Waals surface area contributed by atoms with Crippen molar-refractivity contribution in [2.24, 2.45) is 0 Å². The van der Waals surface area contributed by atoms with Gasteiger partial charge in [0.05, 0.1) is 11.1 Å². The monoisotopic (exact) mass is 317 g/mol. The second-order valence-corrected chi connectivity index (χ2v) is 5.89. The summed E-state index contributed by atoms with van der Waals surface area (Å²) in [5.41, 5.74) is 0.918. The van der Waals surface area contributed by atoms with Crippen molar-refractivity contribution in [1.29, 1.82) is 0 Å². The highest BCUT2D eigenvalue weighted by Gasteiger charge is 2.22. The highest BCUT2D eigenvalue weighted by molar-refractivity contribution is 9.10. The topological polar surface area (TPSA) is 30.7 Å². The summed E-state index contributed by atoms with van der Waals surface area (Å²) < 4.78 is 15.7. The Morgan fingerprint density at radius 3 is 2.65 bits per heavy atom. The van der Waals surface area contributed by atoms with E-state index in [1.54, 1.807) is 32.2 Å². The molecule has 1 aromatic carbocycles. The number of benzene rings is 1. The first-order valence-electron chi connectivity index (χ1n) is 4.96. The Morgan fingerprint density at radius 2 is 2.12 bits per heavy atom. The van der Waals surface area contributed by atoms with E-state index in [4.69, 9.17) is 11.6 Å². The van der Waals surface area contributed by atoms with Gasteiger partial charge in [-0.1, -0.05) is 11.3 Å². The molecule has 0 atom stereocenters. The zero-order valence-electron chi connectivity index (χ0n) is 9.28. The van der Waals surface area contributed by atoms with Crippen molar-refractivity contribution < 1.29 is 4.39 Å². The van der Waals surface area contributed by atoms with Crippen LogP contribution >= 0.6 is 27.5 Å². The van der Waals surface area contributed by atoms with Gasteiger partial charge in [0.1, 0.15) is 17.2 Å². The van der Waals surface area contributed by atoms with Gasteiger partial charge in [0.15, 0.2) is 0 Å². The van der Waals surface area contributed by atoms with Crippen LogP contribution in [0.3, 0.4) is 0 Å². The number of nitrogens with zero attached hydrogens (tertiary/aromatic N) is 3. The van der Waals surface area contributed by atoms with Crippen LogP contribution in [0.25, 0.3) is 5.69 Å². The largest absolute Gasteiger partial charge is 0.216 e. The van der Waals surface area contributed by atoms with E-state index < -0.39 is 4.87 Å². The Bertz CT molecular complexity index is 528.